The summed E-state index contributed by atoms with van der Waals surface area (Å²) in [6, 6.07) is 9.57. The molecular weight excluding hydrogens is 619 g/mol. The van der Waals surface area contributed by atoms with Crippen molar-refractivity contribution in [3.63, 3.8) is 0 Å². The lowest BCUT2D eigenvalue weighted by Gasteiger charge is -2.40. The Balaban J connectivity index is 1.49. The third kappa shape index (κ3) is 7.97. The van der Waals surface area contributed by atoms with Crippen molar-refractivity contribution in [2.24, 2.45) is 0 Å². The molecule has 5 atom stereocenters. The van der Waals surface area contributed by atoms with E-state index in [9.17, 15) is 33.3 Å². The smallest absolute Gasteiger partial charge is 0.351 e. The number of phosphoric acid groups is 2. The molecule has 1 aromatic heterocycles. The van der Waals surface area contributed by atoms with Crippen LogP contribution in [0.3, 0.4) is 0 Å². The number of methoxy groups -OCH3 is 1. The Bertz CT molecular complexity index is 1440. The molecule has 2 unspecified atom stereocenters. The Hall–Kier alpha value is -2.17. The number of esters is 1. The monoisotopic (exact) mass is 639 g/mol. The highest BCUT2D eigenvalue weighted by Gasteiger charge is 2.44. The van der Waals surface area contributed by atoms with Crippen molar-refractivity contribution in [2.75, 3.05) is 25.6 Å². The molecule has 0 radical (unpaired) electrons. The number of nitrogens with one attached hydrogen (secondary N) is 1. The first-order valence-corrected chi connectivity index (χ1v) is 16.6. The van der Waals surface area contributed by atoms with Crippen LogP contribution in [0, 0.1) is 0 Å². The number of amides is 1. The number of carbonyl (C=O) groups is 2. The van der Waals surface area contributed by atoms with E-state index in [1.165, 1.54) is 19.4 Å². The lowest BCUT2D eigenvalue weighted by atomic mass is 10.2. The van der Waals surface area contributed by atoms with E-state index in [0.717, 1.165) is 4.57 Å². The Morgan fingerprint density at radius 2 is 1.82 bits per heavy atom. The molecule has 2 aromatic rings. The van der Waals surface area contributed by atoms with Crippen molar-refractivity contribution in [3.05, 3.63) is 58.6 Å². The summed E-state index contributed by atoms with van der Waals surface area (Å²) in [5.41, 5.74) is -0.486. The zero-order chi connectivity index (χ0) is 29.1. The van der Waals surface area contributed by atoms with Crippen molar-refractivity contribution < 1.29 is 60.2 Å². The van der Waals surface area contributed by atoms with Gasteiger partial charge in [0, 0.05) is 25.3 Å². The first-order chi connectivity index (χ1) is 18.8. The van der Waals surface area contributed by atoms with Gasteiger partial charge < -0.3 is 33.8 Å². The molecule has 2 aliphatic heterocycles. The van der Waals surface area contributed by atoms with Gasteiger partial charge in [0.15, 0.2) is 0 Å². The summed E-state index contributed by atoms with van der Waals surface area (Å²) in [7, 11) is -9.53. The maximum absolute atomic E-state index is 12.7. The van der Waals surface area contributed by atoms with Gasteiger partial charge in [-0.3, -0.25) is 18.5 Å². The fourth-order valence-electron chi connectivity index (χ4n) is 3.57. The van der Waals surface area contributed by atoms with Crippen LogP contribution in [0.2, 0.25) is 0 Å². The van der Waals surface area contributed by atoms with Gasteiger partial charge in [-0.15, -0.1) is 0 Å². The molecule has 2 saturated heterocycles. The summed E-state index contributed by atoms with van der Waals surface area (Å²) in [4.78, 5) is 64.3. The van der Waals surface area contributed by atoms with Crippen molar-refractivity contribution in [3.8, 4) is 0 Å². The summed E-state index contributed by atoms with van der Waals surface area (Å²) in [5, 5.41) is 2.50. The van der Waals surface area contributed by atoms with E-state index in [-0.39, 0.29) is 12.2 Å². The molecule has 17 nitrogen and oxygen atoms in total. The van der Waals surface area contributed by atoms with E-state index in [2.05, 4.69) is 23.2 Å². The number of hydrogen-bond donors (Lipinski definition) is 1. The molecule has 2 aliphatic rings. The van der Waals surface area contributed by atoms with Crippen LogP contribution >= 0.6 is 22.4 Å². The molecule has 21 heteroatoms. The number of aromatic nitrogens is 2. The molecule has 1 amide bonds. The summed E-state index contributed by atoms with van der Waals surface area (Å²) in [6.07, 6.45) is -2.22. The second kappa shape index (κ2) is 12.4. The van der Waals surface area contributed by atoms with Crippen molar-refractivity contribution >= 4 is 51.9 Å². The van der Waals surface area contributed by atoms with Crippen molar-refractivity contribution in [1.82, 2.24) is 9.55 Å². The Labute approximate surface area is 230 Å². The molecule has 218 valence electrons. The van der Waals surface area contributed by atoms with Crippen LogP contribution in [0.1, 0.15) is 23.0 Å². The minimum absolute atomic E-state index is 0.0354. The molecule has 0 aliphatic carbocycles. The highest BCUT2D eigenvalue weighted by Crippen LogP contribution is 2.77. The van der Waals surface area contributed by atoms with Crippen LogP contribution in [0.15, 0.2) is 47.4 Å². The maximum Gasteiger partial charge on any atom is 0.351 e. The lowest BCUT2D eigenvalue weighted by molar-refractivity contribution is -0.240. The Kier molecular flexibility index (Phi) is 9.52. The van der Waals surface area contributed by atoms with Gasteiger partial charge in [0.25, 0.3) is 21.6 Å². The van der Waals surface area contributed by atoms with Gasteiger partial charge >= 0.3 is 18.4 Å². The van der Waals surface area contributed by atoms with E-state index in [4.69, 9.17) is 30.5 Å². The highest BCUT2D eigenvalue weighted by molar-refractivity contribution is 8.10. The van der Waals surface area contributed by atoms with E-state index in [1.807, 2.05) is 0 Å². The van der Waals surface area contributed by atoms with Gasteiger partial charge in [0.05, 0.1) is 6.61 Å². The normalized spacial score (nSPS) is 31.9. The fourth-order valence-corrected chi connectivity index (χ4v) is 10.0. The van der Waals surface area contributed by atoms with Crippen LogP contribution in [0.25, 0.3) is 0 Å². The predicted octanol–water partition coefficient (Wildman–Crippen LogP) is 0.583. The van der Waals surface area contributed by atoms with Gasteiger partial charge in [-0.1, -0.05) is 18.2 Å². The van der Waals surface area contributed by atoms with Crippen LogP contribution in [0.5, 0.6) is 0 Å². The molecule has 4 rings (SSSR count). The molecule has 3 heterocycles. The summed E-state index contributed by atoms with van der Waals surface area (Å²) in [6.45, 7) is -5.54. The van der Waals surface area contributed by atoms with Crippen molar-refractivity contribution in [1.29, 1.82) is 0 Å². The van der Waals surface area contributed by atoms with Crippen LogP contribution in [-0.4, -0.2) is 54.0 Å². The first-order valence-electron chi connectivity index (χ1n) is 11.1. The molecule has 2 fully saturated rings. The molecule has 0 saturated carbocycles. The Morgan fingerprint density at radius 3 is 2.45 bits per heavy atom. The summed E-state index contributed by atoms with van der Waals surface area (Å²) < 4.78 is 57.9. The predicted molar refractivity (Wildman–Crippen MR) is 132 cm³/mol. The fraction of sp³-hybridized carbons (Fsp3) is 0.368. The van der Waals surface area contributed by atoms with Gasteiger partial charge in [0.2, 0.25) is 0 Å². The number of hydrogen-bond acceptors (Lipinski definition) is 16. The molecule has 0 spiro atoms. The lowest BCUT2D eigenvalue weighted by Crippen LogP contribution is -2.32. The summed E-state index contributed by atoms with van der Waals surface area (Å²) in [5.74, 6) is -1.33. The quantitative estimate of drug-likeness (QED) is 0.292. The largest absolute Gasteiger partial charge is 0.756 e. The van der Waals surface area contributed by atoms with Gasteiger partial charge in [-0.2, -0.15) is 4.98 Å². The molecule has 40 heavy (non-hydrogen) atoms. The number of nitrogens with zero attached hydrogens (tertiary/aromatic N) is 2. The zero-order valence-corrected chi connectivity index (χ0v) is 23.8. The average Bonchev–Trinajstić information content (AvgIpc) is 3.23. The molecule has 0 bridgehead atoms. The van der Waals surface area contributed by atoms with Gasteiger partial charge in [-0.05, 0) is 30.0 Å². The third-order valence-electron chi connectivity index (χ3n) is 5.14. The van der Waals surface area contributed by atoms with Crippen molar-refractivity contribution in [2.45, 2.75) is 24.9 Å². The van der Waals surface area contributed by atoms with E-state index in [1.54, 1.807) is 30.3 Å². The topological polar surface area (TPSA) is 226 Å². The minimum atomic E-state index is -5.40. The van der Waals surface area contributed by atoms with Crippen LogP contribution in [-0.2, 0) is 57.4 Å². The second-order valence-electron chi connectivity index (χ2n) is 8.03. The standard InChI is InChI=1S/C19H22N3O14P3S/c1-30-11-17(23)33-13-9-16(32-14(13)10-31-39(40)35-37(26,27)34-38(28,29)36-39)22-8-7-15(21-19(22)25)20-18(24)12-5-3-2-4-6-12/h2-8,13-14,16H,9-11H2,1H3,(H,26,27)(H,28,29)(H,20,21,24,25)/p-2/t13-,14+,16+/m0/s1. The van der Waals surface area contributed by atoms with E-state index >= 15 is 0 Å². The molecule has 1 N–H and O–H groups in total. The first kappa shape index (κ1) is 30.8. The van der Waals surface area contributed by atoms with Crippen LogP contribution < -0.4 is 20.8 Å². The van der Waals surface area contributed by atoms with E-state index < -0.39 is 71.6 Å². The third-order valence-corrected chi connectivity index (χ3v) is 11.9. The summed E-state index contributed by atoms with van der Waals surface area (Å²) >= 11 is 4.82. The number of ether oxygens (including phenoxy) is 3. The number of anilines is 1. The maximum atomic E-state index is 12.7. The Morgan fingerprint density at radius 1 is 1.15 bits per heavy atom. The minimum Gasteiger partial charge on any atom is -0.756 e. The van der Waals surface area contributed by atoms with Gasteiger partial charge in [-0.25, -0.2) is 22.5 Å². The SMILES string of the molecule is COCC(=O)O[C@H]1C[C@H](n2ccc(NC(=O)c3ccccc3)nc2=O)O[C@@H]1COP1(=S)OP(=O)([O-])OP(=O)([O-])O1. The number of carbonyl (C=O) groups excluding carboxylic acids is 2. The molecule has 1 aromatic carbocycles. The average molecular weight is 639 g/mol. The highest BCUT2D eigenvalue weighted by atomic mass is 32.5. The number of benzene rings is 1. The number of rotatable bonds is 9. The molecular formula is C19H20N3O14P3S-2. The zero-order valence-electron chi connectivity index (χ0n) is 20.3. The second-order valence-corrected chi connectivity index (χ2v) is 14.3. The van der Waals surface area contributed by atoms with E-state index in [0.29, 0.717) is 5.56 Å². The van der Waals surface area contributed by atoms with Gasteiger partial charge in [0.1, 0.15) is 30.9 Å². The van der Waals surface area contributed by atoms with Crippen LogP contribution in [0.4, 0.5) is 5.82 Å².